The first-order chi connectivity index (χ1) is 21.2. The number of thiocarbonyl (C=S) groups is 1. The lowest BCUT2D eigenvalue weighted by Crippen LogP contribution is -2.45. The molecule has 0 aliphatic carbocycles. The number of hydrazone groups is 1. The summed E-state index contributed by atoms with van der Waals surface area (Å²) in [7, 11) is 1.52. The van der Waals surface area contributed by atoms with Gasteiger partial charge in [0.1, 0.15) is 12.4 Å². The second-order valence-electron chi connectivity index (χ2n) is 9.31. The van der Waals surface area contributed by atoms with Gasteiger partial charge in [-0.2, -0.15) is 5.10 Å². The zero-order valence-corrected chi connectivity index (χ0v) is 26.4. The molecular weight excluding hydrogens is 627 g/mol. The summed E-state index contributed by atoms with van der Waals surface area (Å²) >= 11 is 17.6. The Morgan fingerprint density at radius 3 is 2.59 bits per heavy atom. The molecule has 0 aromatic heterocycles. The molecule has 3 aromatic carbocycles. The molecule has 13 heteroatoms. The van der Waals surface area contributed by atoms with Gasteiger partial charge in [-0.15, -0.1) is 0 Å². The number of carbonyl (C=O) groups excluding carboxylic acids is 2. The Bertz CT molecular complexity index is 1610. The molecule has 0 fully saturated rings. The zero-order valence-electron chi connectivity index (χ0n) is 24.1. The van der Waals surface area contributed by atoms with Crippen LogP contribution in [-0.2, 0) is 20.9 Å². The Hall–Kier alpha value is -4.32. The molecule has 0 bridgehead atoms. The Kier molecular flexibility index (Phi) is 11.4. The van der Waals surface area contributed by atoms with Gasteiger partial charge in [0.2, 0.25) is 0 Å². The highest BCUT2D eigenvalue weighted by Crippen LogP contribution is 2.34. The van der Waals surface area contributed by atoms with Gasteiger partial charge in [0.15, 0.2) is 23.2 Å². The van der Waals surface area contributed by atoms with Gasteiger partial charge in [-0.3, -0.25) is 4.79 Å². The van der Waals surface area contributed by atoms with Crippen LogP contribution >= 0.6 is 35.4 Å². The molecule has 1 heterocycles. The second-order valence-corrected chi connectivity index (χ2v) is 10.6. The van der Waals surface area contributed by atoms with Gasteiger partial charge in [0, 0.05) is 32.4 Å². The number of allylic oxidation sites excluding steroid dienone is 1. The fraction of sp³-hybridized carbons (Fsp3) is 0.226. The third-order valence-electron chi connectivity index (χ3n) is 6.36. The molecule has 10 nitrogen and oxygen atoms in total. The Balaban J connectivity index is 1.44. The minimum Gasteiger partial charge on any atom is -0.493 e. The molecule has 3 N–H and O–H groups in total. The lowest BCUT2D eigenvalue weighted by Gasteiger charge is -2.30. The third-order valence-corrected chi connectivity index (χ3v) is 7.17. The molecular formula is C31H30Cl2N4O6S. The van der Waals surface area contributed by atoms with Crippen LogP contribution < -0.4 is 30.3 Å². The minimum absolute atomic E-state index is 0.153. The zero-order chi connectivity index (χ0) is 31.6. The molecule has 44 heavy (non-hydrogen) atoms. The number of nitrogens with zero attached hydrogens (tertiary/aromatic N) is 1. The number of rotatable bonds is 12. The summed E-state index contributed by atoms with van der Waals surface area (Å²) in [6.45, 7) is 3.49. The highest BCUT2D eigenvalue weighted by Gasteiger charge is 2.32. The number of nitrogens with one attached hydrogen (secondary N) is 3. The summed E-state index contributed by atoms with van der Waals surface area (Å²) in [5, 5.41) is 11.5. The number of hydrogen-bond donors (Lipinski definition) is 3. The Morgan fingerprint density at radius 2 is 1.84 bits per heavy atom. The molecule has 1 aliphatic heterocycles. The average molecular weight is 658 g/mol. The van der Waals surface area contributed by atoms with Crippen molar-refractivity contribution in [2.45, 2.75) is 26.5 Å². The van der Waals surface area contributed by atoms with Gasteiger partial charge in [-0.05, 0) is 56.4 Å². The van der Waals surface area contributed by atoms with E-state index in [-0.39, 0.29) is 19.8 Å². The maximum Gasteiger partial charge on any atom is 0.338 e. The highest BCUT2D eigenvalue weighted by molar-refractivity contribution is 7.80. The van der Waals surface area contributed by atoms with Crippen molar-refractivity contribution in [1.82, 2.24) is 16.1 Å². The largest absolute Gasteiger partial charge is 0.493 e. The molecule has 1 atom stereocenters. The number of benzene rings is 3. The quantitative estimate of drug-likeness (QED) is 0.101. The fourth-order valence-corrected chi connectivity index (χ4v) is 5.08. The van der Waals surface area contributed by atoms with E-state index in [1.165, 1.54) is 13.3 Å². The van der Waals surface area contributed by atoms with Crippen LogP contribution in [0.1, 0.15) is 36.6 Å². The van der Waals surface area contributed by atoms with Gasteiger partial charge in [-0.25, -0.2) is 10.2 Å². The third kappa shape index (κ3) is 8.19. The van der Waals surface area contributed by atoms with E-state index in [0.717, 1.165) is 5.56 Å². The predicted molar refractivity (Wildman–Crippen MR) is 172 cm³/mol. The van der Waals surface area contributed by atoms with Gasteiger partial charge in [0.25, 0.3) is 5.91 Å². The van der Waals surface area contributed by atoms with E-state index >= 15 is 0 Å². The summed E-state index contributed by atoms with van der Waals surface area (Å²) in [5.74, 6) is 0.268. The number of methoxy groups -OCH3 is 1. The van der Waals surface area contributed by atoms with Crippen LogP contribution in [0.4, 0.5) is 0 Å². The summed E-state index contributed by atoms with van der Waals surface area (Å²) in [4.78, 5) is 25.4. The predicted octanol–water partition coefficient (Wildman–Crippen LogP) is 5.47. The van der Waals surface area contributed by atoms with Crippen LogP contribution in [-0.4, -0.2) is 43.5 Å². The molecule has 1 amide bonds. The summed E-state index contributed by atoms with van der Waals surface area (Å²) in [6.07, 6.45) is 1.44. The molecule has 0 saturated carbocycles. The van der Waals surface area contributed by atoms with Crippen LogP contribution in [0.5, 0.6) is 17.2 Å². The smallest absolute Gasteiger partial charge is 0.338 e. The normalized spacial score (nSPS) is 14.5. The average Bonchev–Trinajstić information content (AvgIpc) is 2.99. The number of hydrogen-bond acceptors (Lipinski definition) is 8. The molecule has 3 aromatic rings. The van der Waals surface area contributed by atoms with Crippen molar-refractivity contribution < 1.29 is 28.5 Å². The maximum absolute atomic E-state index is 12.8. The van der Waals surface area contributed by atoms with Gasteiger partial charge in [0.05, 0.1) is 31.5 Å². The van der Waals surface area contributed by atoms with E-state index in [4.69, 9.17) is 54.4 Å². The van der Waals surface area contributed by atoms with E-state index in [2.05, 4.69) is 21.2 Å². The lowest BCUT2D eigenvalue weighted by atomic mass is 9.95. The lowest BCUT2D eigenvalue weighted by molar-refractivity contribution is -0.139. The van der Waals surface area contributed by atoms with Crippen LogP contribution in [0.2, 0.25) is 10.0 Å². The number of para-hydroxylation sites is 2. The van der Waals surface area contributed by atoms with Crippen molar-refractivity contribution in [2.24, 2.45) is 5.10 Å². The number of esters is 1. The molecule has 0 radical (unpaired) electrons. The number of amides is 1. The van der Waals surface area contributed by atoms with E-state index in [1.54, 1.807) is 74.5 Å². The maximum atomic E-state index is 12.8. The standard InChI is InChI=1S/C31H30Cl2N4O6S/c1-4-41-30(39)27-18(2)35-31(44)36-28(27)22-9-5-6-10-24(22)42-17-26(38)37-34-15-19-8-7-11-25(40-3)29(19)43-16-20-12-13-21(32)14-23(20)33/h5-15,28H,4,16-17H2,1-3H3,(H,37,38)(H2,35,36,44)/t28-/m1/s1. The van der Waals surface area contributed by atoms with Crippen molar-refractivity contribution in [3.05, 3.63) is 98.7 Å². The number of carbonyl (C=O) groups is 2. The second kappa shape index (κ2) is 15.4. The number of halogens is 2. The van der Waals surface area contributed by atoms with Gasteiger partial charge in [-0.1, -0.05) is 53.5 Å². The Labute approximate surface area is 270 Å². The summed E-state index contributed by atoms with van der Waals surface area (Å²) < 4.78 is 22.6. The monoisotopic (exact) mass is 656 g/mol. The van der Waals surface area contributed by atoms with Crippen LogP contribution in [0, 0.1) is 0 Å². The topological polar surface area (TPSA) is 120 Å². The number of ether oxygens (including phenoxy) is 4. The van der Waals surface area contributed by atoms with Gasteiger partial charge >= 0.3 is 5.97 Å². The molecule has 0 unspecified atom stereocenters. The van der Waals surface area contributed by atoms with E-state index in [1.807, 2.05) is 0 Å². The molecule has 0 spiro atoms. The van der Waals surface area contributed by atoms with Crippen molar-refractivity contribution >= 4 is 58.6 Å². The fourth-order valence-electron chi connectivity index (χ4n) is 4.34. The summed E-state index contributed by atoms with van der Waals surface area (Å²) in [5.41, 5.74) is 5.28. The van der Waals surface area contributed by atoms with E-state index in [0.29, 0.717) is 54.8 Å². The molecule has 0 saturated heterocycles. The van der Waals surface area contributed by atoms with Crippen molar-refractivity contribution in [3.8, 4) is 17.2 Å². The summed E-state index contributed by atoms with van der Waals surface area (Å²) in [6, 6.07) is 16.8. The first-order valence-corrected chi connectivity index (χ1v) is 14.6. The molecule has 1 aliphatic rings. The molecule has 230 valence electrons. The molecule has 4 rings (SSSR count). The highest BCUT2D eigenvalue weighted by atomic mass is 35.5. The van der Waals surface area contributed by atoms with Crippen molar-refractivity contribution in [3.63, 3.8) is 0 Å². The SMILES string of the molecule is CCOC(=O)C1=C(C)NC(=S)N[C@@H]1c1ccccc1OCC(=O)NN=Cc1cccc(OC)c1OCc1ccc(Cl)cc1Cl. The van der Waals surface area contributed by atoms with E-state index in [9.17, 15) is 9.59 Å². The first-order valence-electron chi connectivity index (χ1n) is 13.4. The van der Waals surface area contributed by atoms with Crippen LogP contribution in [0.25, 0.3) is 0 Å². The van der Waals surface area contributed by atoms with Crippen LogP contribution in [0.3, 0.4) is 0 Å². The van der Waals surface area contributed by atoms with Crippen molar-refractivity contribution in [1.29, 1.82) is 0 Å². The van der Waals surface area contributed by atoms with Crippen LogP contribution in [0.15, 0.2) is 77.0 Å². The first kappa shape index (κ1) is 32.6. The minimum atomic E-state index is -0.644. The van der Waals surface area contributed by atoms with Crippen molar-refractivity contribution in [2.75, 3.05) is 20.3 Å². The Morgan fingerprint density at radius 1 is 1.07 bits per heavy atom. The van der Waals surface area contributed by atoms with Gasteiger partial charge < -0.3 is 29.6 Å². The van der Waals surface area contributed by atoms with E-state index < -0.39 is 17.9 Å².